The molecule has 8 nitrogen and oxygen atoms in total. The predicted molar refractivity (Wildman–Crippen MR) is 114 cm³/mol. The minimum absolute atomic E-state index is 0.0396. The number of para-hydroxylation sites is 2. The van der Waals surface area contributed by atoms with E-state index in [1.807, 2.05) is 19.1 Å². The molecule has 0 fully saturated rings. The van der Waals surface area contributed by atoms with Crippen LogP contribution in [0.4, 0.5) is 0 Å². The molecule has 0 spiro atoms. The lowest BCUT2D eigenvalue weighted by atomic mass is 10.1. The first kappa shape index (κ1) is 23.4. The van der Waals surface area contributed by atoms with Gasteiger partial charge in [-0.25, -0.2) is 4.79 Å². The van der Waals surface area contributed by atoms with Gasteiger partial charge in [0.05, 0.1) is 13.2 Å². The third kappa shape index (κ3) is 7.84. The molecule has 0 saturated heterocycles. The minimum atomic E-state index is -0.579. The summed E-state index contributed by atoms with van der Waals surface area (Å²) in [5.74, 6) is 0.249. The van der Waals surface area contributed by atoms with E-state index in [0.29, 0.717) is 42.6 Å². The molecule has 0 radical (unpaired) electrons. The van der Waals surface area contributed by atoms with Crippen molar-refractivity contribution in [2.45, 2.75) is 6.92 Å². The second-order valence-electron chi connectivity index (χ2n) is 6.13. The highest BCUT2D eigenvalue weighted by Crippen LogP contribution is 2.26. The number of benzene rings is 2. The average Bonchev–Trinajstić information content (AvgIpc) is 2.78. The molecule has 0 unspecified atom stereocenters. The average molecular weight is 424 g/mol. The summed E-state index contributed by atoms with van der Waals surface area (Å²) in [4.78, 5) is 24.0. The van der Waals surface area contributed by atoms with E-state index in [1.165, 1.54) is 13.2 Å². The highest BCUT2D eigenvalue weighted by Gasteiger charge is 2.11. The number of rotatable bonds is 11. The number of nitrogens with zero attached hydrogens (tertiary/aromatic N) is 1. The molecule has 0 aliphatic heterocycles. The van der Waals surface area contributed by atoms with Gasteiger partial charge in [0.25, 0.3) is 5.91 Å². The highest BCUT2D eigenvalue weighted by atomic mass is 16.6. The Morgan fingerprint density at radius 2 is 1.74 bits per heavy atom. The Kier molecular flexibility index (Phi) is 9.59. The van der Waals surface area contributed by atoms with Crippen LogP contribution in [0.2, 0.25) is 0 Å². The topological polar surface area (TPSA) is 107 Å². The van der Waals surface area contributed by atoms with Gasteiger partial charge in [-0.2, -0.15) is 5.26 Å². The van der Waals surface area contributed by atoms with Crippen molar-refractivity contribution >= 4 is 18.0 Å². The highest BCUT2D eigenvalue weighted by molar-refractivity contribution is 6.01. The molecule has 0 heterocycles. The second kappa shape index (κ2) is 12.7. The van der Waals surface area contributed by atoms with Crippen molar-refractivity contribution in [3.63, 3.8) is 0 Å². The van der Waals surface area contributed by atoms with E-state index in [-0.39, 0.29) is 12.2 Å². The van der Waals surface area contributed by atoms with Gasteiger partial charge in [-0.15, -0.1) is 0 Å². The van der Waals surface area contributed by atoms with Crippen LogP contribution in [0.3, 0.4) is 0 Å². The van der Waals surface area contributed by atoms with Crippen molar-refractivity contribution in [2.75, 3.05) is 33.5 Å². The summed E-state index contributed by atoms with van der Waals surface area (Å²) in [6, 6.07) is 15.3. The van der Waals surface area contributed by atoms with E-state index in [0.717, 1.165) is 0 Å². The number of esters is 1. The molecule has 0 aliphatic rings. The van der Waals surface area contributed by atoms with E-state index >= 15 is 0 Å². The van der Waals surface area contributed by atoms with Crippen LogP contribution in [-0.4, -0.2) is 45.4 Å². The number of hydrogen-bond donors (Lipinski definition) is 1. The zero-order valence-electron chi connectivity index (χ0n) is 17.4. The fourth-order valence-corrected chi connectivity index (χ4v) is 2.45. The van der Waals surface area contributed by atoms with Gasteiger partial charge >= 0.3 is 5.97 Å². The Bertz CT molecular complexity index is 947. The van der Waals surface area contributed by atoms with Crippen LogP contribution >= 0.6 is 0 Å². The van der Waals surface area contributed by atoms with Crippen molar-refractivity contribution in [1.29, 1.82) is 5.26 Å². The molecule has 0 bridgehead atoms. The number of hydrogen-bond acceptors (Lipinski definition) is 7. The lowest BCUT2D eigenvalue weighted by Gasteiger charge is -2.11. The van der Waals surface area contributed by atoms with Crippen LogP contribution in [0.1, 0.15) is 12.5 Å². The molecule has 2 aromatic rings. The molecule has 8 heteroatoms. The predicted octanol–water partition coefficient (Wildman–Crippen LogP) is 2.74. The standard InChI is InChI=1S/C23H24N2O6/c1-3-29-20-6-4-5-7-21(20)30-16-22(26)31-19-10-8-17(9-11-19)14-18(15-24)23(27)25-12-13-28-2/h4-11,14H,3,12-13,16H2,1-2H3,(H,25,27)/b18-14+. The monoisotopic (exact) mass is 424 g/mol. The molecule has 0 saturated carbocycles. The lowest BCUT2D eigenvalue weighted by Crippen LogP contribution is -2.27. The van der Waals surface area contributed by atoms with Crippen molar-refractivity contribution in [3.05, 3.63) is 59.7 Å². The summed E-state index contributed by atoms with van der Waals surface area (Å²) in [6.45, 7) is 2.71. The molecule has 31 heavy (non-hydrogen) atoms. The van der Waals surface area contributed by atoms with Gasteiger partial charge in [0.1, 0.15) is 17.4 Å². The fraction of sp³-hybridized carbons (Fsp3) is 0.261. The van der Waals surface area contributed by atoms with Gasteiger partial charge in [-0.1, -0.05) is 24.3 Å². The summed E-state index contributed by atoms with van der Waals surface area (Å²) in [6.07, 6.45) is 1.45. The summed E-state index contributed by atoms with van der Waals surface area (Å²) >= 11 is 0. The maximum atomic E-state index is 12.1. The maximum Gasteiger partial charge on any atom is 0.349 e. The van der Waals surface area contributed by atoms with E-state index in [4.69, 9.17) is 18.9 Å². The first-order valence-electron chi connectivity index (χ1n) is 9.61. The Hall–Kier alpha value is -3.83. The van der Waals surface area contributed by atoms with Gasteiger partial charge in [0, 0.05) is 13.7 Å². The zero-order valence-corrected chi connectivity index (χ0v) is 17.4. The van der Waals surface area contributed by atoms with Crippen LogP contribution in [0, 0.1) is 11.3 Å². The Labute approximate surface area is 181 Å². The summed E-state index contributed by atoms with van der Waals surface area (Å²) in [5, 5.41) is 11.8. The Balaban J connectivity index is 1.92. The first-order chi connectivity index (χ1) is 15.1. The van der Waals surface area contributed by atoms with Gasteiger partial charge in [-0.3, -0.25) is 4.79 Å². The van der Waals surface area contributed by atoms with Crippen molar-refractivity contribution in [3.8, 4) is 23.3 Å². The van der Waals surface area contributed by atoms with E-state index in [1.54, 1.807) is 42.5 Å². The molecular weight excluding hydrogens is 400 g/mol. The SMILES string of the molecule is CCOc1ccccc1OCC(=O)Oc1ccc(/C=C(\C#N)C(=O)NCCOC)cc1. The zero-order chi connectivity index (χ0) is 22.5. The van der Waals surface area contributed by atoms with E-state index in [9.17, 15) is 14.9 Å². The van der Waals surface area contributed by atoms with E-state index in [2.05, 4.69) is 5.32 Å². The quantitative estimate of drug-likeness (QED) is 0.194. The molecule has 1 amide bonds. The van der Waals surface area contributed by atoms with Crippen molar-refractivity contribution < 1.29 is 28.5 Å². The first-order valence-corrected chi connectivity index (χ1v) is 9.61. The van der Waals surface area contributed by atoms with Crippen molar-refractivity contribution in [2.24, 2.45) is 0 Å². The van der Waals surface area contributed by atoms with Crippen LogP contribution in [0.25, 0.3) is 6.08 Å². The number of carbonyl (C=O) groups is 2. The molecule has 0 atom stereocenters. The summed E-state index contributed by atoms with van der Waals surface area (Å²) in [5.41, 5.74) is 0.572. The van der Waals surface area contributed by atoms with Crippen LogP contribution in [-0.2, 0) is 14.3 Å². The largest absolute Gasteiger partial charge is 0.490 e. The normalized spacial score (nSPS) is 10.7. The number of methoxy groups -OCH3 is 1. The van der Waals surface area contributed by atoms with E-state index < -0.39 is 11.9 Å². The van der Waals surface area contributed by atoms with Crippen molar-refractivity contribution in [1.82, 2.24) is 5.32 Å². The van der Waals surface area contributed by atoms with Gasteiger partial charge in [0.15, 0.2) is 18.1 Å². The van der Waals surface area contributed by atoms with Gasteiger partial charge in [-0.05, 0) is 42.8 Å². The number of nitriles is 1. The Morgan fingerprint density at radius 3 is 2.35 bits per heavy atom. The van der Waals surface area contributed by atoms with Crippen LogP contribution in [0.5, 0.6) is 17.2 Å². The second-order valence-corrected chi connectivity index (χ2v) is 6.13. The van der Waals surface area contributed by atoms with Gasteiger partial charge in [0.2, 0.25) is 0 Å². The Morgan fingerprint density at radius 1 is 1.06 bits per heavy atom. The molecule has 0 aliphatic carbocycles. The molecule has 0 aromatic heterocycles. The van der Waals surface area contributed by atoms with Crippen LogP contribution in [0.15, 0.2) is 54.1 Å². The lowest BCUT2D eigenvalue weighted by molar-refractivity contribution is -0.136. The number of amides is 1. The molecular formula is C23H24N2O6. The number of carbonyl (C=O) groups excluding carboxylic acids is 2. The fourth-order valence-electron chi connectivity index (χ4n) is 2.45. The summed E-state index contributed by atoms with van der Waals surface area (Å²) in [7, 11) is 1.52. The molecule has 2 aromatic carbocycles. The molecule has 2 rings (SSSR count). The number of nitrogens with one attached hydrogen (secondary N) is 1. The molecule has 1 N–H and O–H groups in total. The minimum Gasteiger partial charge on any atom is -0.490 e. The smallest absolute Gasteiger partial charge is 0.349 e. The third-order valence-corrected chi connectivity index (χ3v) is 3.87. The number of ether oxygens (including phenoxy) is 4. The summed E-state index contributed by atoms with van der Waals surface area (Å²) < 4.78 is 21.0. The molecule has 162 valence electrons. The van der Waals surface area contributed by atoms with Crippen LogP contribution < -0.4 is 19.5 Å². The van der Waals surface area contributed by atoms with Gasteiger partial charge < -0.3 is 24.3 Å². The third-order valence-electron chi connectivity index (χ3n) is 3.87. The maximum absolute atomic E-state index is 12.1.